The molecule has 5 nitrogen and oxygen atoms in total. The largest absolute Gasteiger partial charge is 0.493 e. The van der Waals surface area contributed by atoms with E-state index in [9.17, 15) is 9.59 Å². The van der Waals surface area contributed by atoms with E-state index in [-0.39, 0.29) is 11.3 Å². The molecule has 5 heteroatoms. The Morgan fingerprint density at radius 3 is 2.38 bits per heavy atom. The van der Waals surface area contributed by atoms with Crippen LogP contribution in [0.2, 0.25) is 0 Å². The summed E-state index contributed by atoms with van der Waals surface area (Å²) in [5.41, 5.74) is 0.150. The number of para-hydroxylation sites is 1. The summed E-state index contributed by atoms with van der Waals surface area (Å²) in [7, 11) is 2.67. The van der Waals surface area contributed by atoms with E-state index in [0.29, 0.717) is 5.75 Å². The van der Waals surface area contributed by atoms with Gasteiger partial charge in [0.15, 0.2) is 11.5 Å². The predicted octanol–water partition coefficient (Wildman–Crippen LogP) is 1.41. The highest BCUT2D eigenvalue weighted by Crippen LogP contribution is 2.31. The summed E-state index contributed by atoms with van der Waals surface area (Å²) in [6.07, 6.45) is 0. The van der Waals surface area contributed by atoms with Gasteiger partial charge in [-0.2, -0.15) is 0 Å². The van der Waals surface area contributed by atoms with Crippen LogP contribution in [0, 0.1) is 0 Å². The Morgan fingerprint density at radius 1 is 1.19 bits per heavy atom. The van der Waals surface area contributed by atoms with Crippen molar-refractivity contribution in [2.75, 3.05) is 14.2 Å². The molecule has 1 aromatic rings. The number of benzene rings is 1. The quantitative estimate of drug-likeness (QED) is 0.573. The summed E-state index contributed by atoms with van der Waals surface area (Å²) < 4.78 is 14.5. The van der Waals surface area contributed by atoms with Crippen molar-refractivity contribution in [3.8, 4) is 11.5 Å². The SMILES string of the molecule is COC(=O)c1cccc(OC)c1OC(C)=O. The number of esters is 2. The maximum absolute atomic E-state index is 11.4. The molecule has 86 valence electrons. The van der Waals surface area contributed by atoms with Gasteiger partial charge in [0.2, 0.25) is 0 Å². The van der Waals surface area contributed by atoms with E-state index < -0.39 is 11.9 Å². The van der Waals surface area contributed by atoms with Crippen LogP contribution in [0.25, 0.3) is 0 Å². The van der Waals surface area contributed by atoms with Crippen LogP contribution < -0.4 is 9.47 Å². The van der Waals surface area contributed by atoms with E-state index in [2.05, 4.69) is 4.74 Å². The first-order chi connectivity index (χ1) is 7.60. The van der Waals surface area contributed by atoms with Crippen molar-refractivity contribution in [2.45, 2.75) is 6.92 Å². The second kappa shape index (κ2) is 5.16. The van der Waals surface area contributed by atoms with Crippen molar-refractivity contribution >= 4 is 11.9 Å². The van der Waals surface area contributed by atoms with Crippen molar-refractivity contribution in [1.29, 1.82) is 0 Å². The van der Waals surface area contributed by atoms with Crippen molar-refractivity contribution < 1.29 is 23.8 Å². The fourth-order valence-corrected chi connectivity index (χ4v) is 1.20. The van der Waals surface area contributed by atoms with Gasteiger partial charge in [-0.25, -0.2) is 4.79 Å². The number of ether oxygens (including phenoxy) is 3. The third-order valence-electron chi connectivity index (χ3n) is 1.85. The van der Waals surface area contributed by atoms with Crippen molar-refractivity contribution in [3.05, 3.63) is 23.8 Å². The van der Waals surface area contributed by atoms with Gasteiger partial charge in [-0.15, -0.1) is 0 Å². The Bertz CT molecular complexity index is 411. The number of hydrogen-bond acceptors (Lipinski definition) is 5. The summed E-state index contributed by atoms with van der Waals surface area (Å²) in [5, 5.41) is 0. The fraction of sp³-hybridized carbons (Fsp3) is 0.273. The van der Waals surface area contributed by atoms with Gasteiger partial charge in [-0.1, -0.05) is 6.07 Å². The average molecular weight is 224 g/mol. The van der Waals surface area contributed by atoms with E-state index >= 15 is 0 Å². The minimum Gasteiger partial charge on any atom is -0.493 e. The summed E-state index contributed by atoms with van der Waals surface area (Å²) in [6, 6.07) is 4.69. The summed E-state index contributed by atoms with van der Waals surface area (Å²) in [6.45, 7) is 1.24. The molecular weight excluding hydrogens is 212 g/mol. The van der Waals surface area contributed by atoms with E-state index in [1.807, 2.05) is 0 Å². The van der Waals surface area contributed by atoms with Gasteiger partial charge in [0, 0.05) is 6.92 Å². The Labute approximate surface area is 92.9 Å². The lowest BCUT2D eigenvalue weighted by Gasteiger charge is -2.11. The zero-order valence-corrected chi connectivity index (χ0v) is 9.27. The molecule has 0 fully saturated rings. The maximum atomic E-state index is 11.4. The van der Waals surface area contributed by atoms with Crippen LogP contribution in [-0.2, 0) is 9.53 Å². The van der Waals surface area contributed by atoms with Crippen molar-refractivity contribution in [3.63, 3.8) is 0 Å². The van der Waals surface area contributed by atoms with Gasteiger partial charge in [0.05, 0.1) is 14.2 Å². The van der Waals surface area contributed by atoms with Crippen LogP contribution in [0.1, 0.15) is 17.3 Å². The first-order valence-corrected chi connectivity index (χ1v) is 4.54. The lowest BCUT2D eigenvalue weighted by atomic mass is 10.2. The molecule has 0 aliphatic carbocycles. The standard InChI is InChI=1S/C11H12O5/c1-7(12)16-10-8(11(13)15-3)5-4-6-9(10)14-2/h4-6H,1-3H3. The van der Waals surface area contributed by atoms with Crippen LogP contribution in [0.15, 0.2) is 18.2 Å². The number of methoxy groups -OCH3 is 2. The Hall–Kier alpha value is -2.04. The van der Waals surface area contributed by atoms with Crippen LogP contribution >= 0.6 is 0 Å². The molecule has 0 aliphatic heterocycles. The molecule has 0 saturated heterocycles. The van der Waals surface area contributed by atoms with Crippen molar-refractivity contribution in [2.24, 2.45) is 0 Å². The molecule has 0 aliphatic rings. The van der Waals surface area contributed by atoms with Gasteiger partial charge in [0.25, 0.3) is 0 Å². The van der Waals surface area contributed by atoms with Crippen LogP contribution in [0.5, 0.6) is 11.5 Å². The molecule has 0 saturated carbocycles. The van der Waals surface area contributed by atoms with Gasteiger partial charge in [-0.3, -0.25) is 4.79 Å². The molecule has 0 aromatic heterocycles. The van der Waals surface area contributed by atoms with Crippen molar-refractivity contribution in [1.82, 2.24) is 0 Å². The summed E-state index contributed by atoms with van der Waals surface area (Å²) >= 11 is 0. The van der Waals surface area contributed by atoms with E-state index in [0.717, 1.165) is 0 Å². The van der Waals surface area contributed by atoms with Gasteiger partial charge in [0.1, 0.15) is 5.56 Å². The Kier molecular flexibility index (Phi) is 3.88. The maximum Gasteiger partial charge on any atom is 0.341 e. The van der Waals surface area contributed by atoms with E-state index in [4.69, 9.17) is 9.47 Å². The second-order valence-corrected chi connectivity index (χ2v) is 2.92. The molecule has 0 spiro atoms. The number of rotatable bonds is 3. The molecule has 0 radical (unpaired) electrons. The summed E-state index contributed by atoms with van der Waals surface area (Å²) in [4.78, 5) is 22.3. The molecule has 0 N–H and O–H groups in total. The predicted molar refractivity (Wildman–Crippen MR) is 55.6 cm³/mol. The molecule has 1 rings (SSSR count). The van der Waals surface area contributed by atoms with Gasteiger partial charge < -0.3 is 14.2 Å². The molecule has 1 aromatic carbocycles. The third-order valence-corrected chi connectivity index (χ3v) is 1.85. The van der Waals surface area contributed by atoms with Crippen LogP contribution in [0.3, 0.4) is 0 Å². The third kappa shape index (κ3) is 2.50. The zero-order valence-electron chi connectivity index (χ0n) is 9.27. The zero-order chi connectivity index (χ0) is 12.1. The van der Waals surface area contributed by atoms with Gasteiger partial charge >= 0.3 is 11.9 Å². The average Bonchev–Trinajstić information content (AvgIpc) is 2.27. The highest BCUT2D eigenvalue weighted by atomic mass is 16.6. The number of carbonyl (C=O) groups is 2. The molecule has 0 unspecified atom stereocenters. The Morgan fingerprint density at radius 2 is 1.88 bits per heavy atom. The summed E-state index contributed by atoms with van der Waals surface area (Å²) in [5.74, 6) is -0.743. The van der Waals surface area contributed by atoms with Gasteiger partial charge in [-0.05, 0) is 12.1 Å². The van der Waals surface area contributed by atoms with Crippen LogP contribution in [-0.4, -0.2) is 26.2 Å². The Balaban J connectivity index is 3.25. The minimum atomic E-state index is -0.588. The van der Waals surface area contributed by atoms with Crippen LogP contribution in [0.4, 0.5) is 0 Å². The number of hydrogen-bond donors (Lipinski definition) is 0. The molecule has 0 amide bonds. The first-order valence-electron chi connectivity index (χ1n) is 4.54. The molecular formula is C11H12O5. The normalized spacial score (nSPS) is 9.44. The minimum absolute atomic E-state index is 0.0735. The second-order valence-electron chi connectivity index (χ2n) is 2.92. The highest BCUT2D eigenvalue weighted by Gasteiger charge is 2.18. The molecule has 0 atom stereocenters. The first kappa shape index (κ1) is 12.0. The fourth-order valence-electron chi connectivity index (χ4n) is 1.20. The topological polar surface area (TPSA) is 61.8 Å². The smallest absolute Gasteiger partial charge is 0.341 e. The highest BCUT2D eigenvalue weighted by molar-refractivity contribution is 5.94. The molecule has 0 heterocycles. The molecule has 0 bridgehead atoms. The molecule has 16 heavy (non-hydrogen) atoms. The number of carbonyl (C=O) groups excluding carboxylic acids is 2. The lowest BCUT2D eigenvalue weighted by molar-refractivity contribution is -0.132. The monoisotopic (exact) mass is 224 g/mol. The van der Waals surface area contributed by atoms with E-state index in [1.54, 1.807) is 12.1 Å². The lowest BCUT2D eigenvalue weighted by Crippen LogP contribution is -2.10. The van der Waals surface area contributed by atoms with E-state index in [1.165, 1.54) is 27.2 Å².